The van der Waals surface area contributed by atoms with Crippen LogP contribution in [0, 0.1) is 18.6 Å². The molecule has 4 atom stereocenters. The van der Waals surface area contributed by atoms with Gasteiger partial charge in [0.25, 0.3) is 0 Å². The van der Waals surface area contributed by atoms with Crippen LogP contribution in [0.5, 0.6) is 5.75 Å². The Morgan fingerprint density at radius 2 is 1.97 bits per heavy atom. The van der Waals surface area contributed by atoms with E-state index in [1.807, 2.05) is 36.9 Å². The normalized spacial score (nSPS) is 22.1. The average Bonchev–Trinajstić information content (AvgIpc) is 2.73. The zero-order valence-electron chi connectivity index (χ0n) is 18.1. The molecule has 0 saturated carbocycles. The van der Waals surface area contributed by atoms with E-state index in [0.717, 1.165) is 29.1 Å². The Morgan fingerprint density at radius 3 is 2.55 bits per heavy atom. The Bertz CT molecular complexity index is 953. The van der Waals surface area contributed by atoms with Gasteiger partial charge in [-0.2, -0.15) is 0 Å². The third-order valence-corrected chi connectivity index (χ3v) is 5.46. The van der Waals surface area contributed by atoms with Gasteiger partial charge in [-0.3, -0.25) is 0 Å². The highest BCUT2D eigenvalue weighted by molar-refractivity contribution is 5.95. The maximum absolute atomic E-state index is 13.8. The molecular weight excluding hydrogens is 404 g/mol. The number of aryl methyl sites for hydroxylation is 1. The fourth-order valence-electron chi connectivity index (χ4n) is 3.86. The van der Waals surface area contributed by atoms with E-state index in [2.05, 4.69) is 15.6 Å². The van der Waals surface area contributed by atoms with Gasteiger partial charge in [0.1, 0.15) is 5.75 Å². The number of ether oxygens (including phenoxy) is 1. The lowest BCUT2D eigenvalue weighted by Gasteiger charge is -2.45. The number of hydrogen-bond donors (Lipinski definition) is 4. The second-order valence-corrected chi connectivity index (χ2v) is 7.71. The second kappa shape index (κ2) is 9.59. The number of aliphatic imine (C=N–C) groups is 1. The molecule has 1 aliphatic heterocycles. The van der Waals surface area contributed by atoms with Crippen molar-refractivity contribution in [2.45, 2.75) is 44.7 Å². The Hall–Kier alpha value is -2.75. The van der Waals surface area contributed by atoms with Crippen LogP contribution in [0.1, 0.15) is 18.1 Å². The molecular formula is C22H29F2N5O2. The fourth-order valence-corrected chi connectivity index (χ4v) is 3.86. The van der Waals surface area contributed by atoms with Gasteiger partial charge in [0.2, 0.25) is 5.96 Å². The molecule has 3 rings (SSSR count). The van der Waals surface area contributed by atoms with Crippen LogP contribution in [0.25, 0.3) is 0 Å². The van der Waals surface area contributed by atoms with Crippen molar-refractivity contribution >= 4 is 11.6 Å². The Labute approximate surface area is 180 Å². The number of aliphatic hydroxyl groups excluding tert-OH is 1. The van der Waals surface area contributed by atoms with Crippen molar-refractivity contribution in [1.29, 1.82) is 0 Å². The number of nitrogens with one attached hydrogen (secondary N) is 2. The van der Waals surface area contributed by atoms with Crippen LogP contribution in [0.2, 0.25) is 0 Å². The lowest BCUT2D eigenvalue weighted by molar-refractivity contribution is 0.0655. The summed E-state index contributed by atoms with van der Waals surface area (Å²) < 4.78 is 32.5. The molecule has 168 valence electrons. The standard InChI is InChI=1S/C22H29F2N5O2/c1-12-9-15(31-4)6-8-18(12)27-22-28-21(30)19(26-3)20(13(2)25)29(22)11-14-5-7-16(23)17(24)10-14/h5-10,13,19-21,26,30H,11,25H2,1-4H3,(H,27,28). The number of guanidine groups is 1. The molecule has 0 fully saturated rings. The van der Waals surface area contributed by atoms with E-state index in [1.165, 1.54) is 6.07 Å². The zero-order chi connectivity index (χ0) is 22.7. The molecule has 1 heterocycles. The Morgan fingerprint density at radius 1 is 1.23 bits per heavy atom. The van der Waals surface area contributed by atoms with Crippen LogP contribution in [0.3, 0.4) is 0 Å². The number of nitrogens with two attached hydrogens (primary N) is 1. The summed E-state index contributed by atoms with van der Waals surface area (Å²) in [6, 6.07) is 8.13. The first-order valence-corrected chi connectivity index (χ1v) is 10.1. The maximum atomic E-state index is 13.8. The number of anilines is 1. The molecule has 0 bridgehead atoms. The van der Waals surface area contributed by atoms with Crippen molar-refractivity contribution in [3.63, 3.8) is 0 Å². The molecule has 2 aromatic carbocycles. The summed E-state index contributed by atoms with van der Waals surface area (Å²) in [5.74, 6) is -0.722. The molecule has 5 N–H and O–H groups in total. The second-order valence-electron chi connectivity index (χ2n) is 7.71. The van der Waals surface area contributed by atoms with Gasteiger partial charge in [-0.25, -0.2) is 13.8 Å². The molecule has 0 amide bonds. The zero-order valence-corrected chi connectivity index (χ0v) is 18.1. The SMILES string of the molecule is CNC1C(O)N=C(Nc2ccc(OC)cc2C)N(Cc2ccc(F)c(F)c2)C1C(C)N. The van der Waals surface area contributed by atoms with E-state index in [1.54, 1.807) is 14.2 Å². The van der Waals surface area contributed by atoms with Crippen molar-refractivity contribution in [2.75, 3.05) is 19.5 Å². The first-order chi connectivity index (χ1) is 14.7. The van der Waals surface area contributed by atoms with Gasteiger partial charge in [-0.15, -0.1) is 0 Å². The van der Waals surface area contributed by atoms with Gasteiger partial charge >= 0.3 is 0 Å². The number of hydrogen-bond acceptors (Lipinski definition) is 7. The summed E-state index contributed by atoms with van der Waals surface area (Å²) in [5, 5.41) is 17.0. The molecule has 0 spiro atoms. The number of benzene rings is 2. The van der Waals surface area contributed by atoms with Gasteiger partial charge in [-0.1, -0.05) is 6.07 Å². The first kappa shape index (κ1) is 22.9. The van der Waals surface area contributed by atoms with Crippen LogP contribution in [0.15, 0.2) is 41.4 Å². The minimum atomic E-state index is -1.04. The molecule has 0 aliphatic carbocycles. The molecule has 0 aromatic heterocycles. The van der Waals surface area contributed by atoms with Crippen LogP contribution in [-0.4, -0.2) is 54.5 Å². The lowest BCUT2D eigenvalue weighted by Crippen LogP contribution is -2.66. The first-order valence-electron chi connectivity index (χ1n) is 10.1. The molecule has 7 nitrogen and oxygen atoms in total. The number of likely N-dealkylation sites (N-methyl/N-ethyl adjacent to an activating group) is 1. The highest BCUT2D eigenvalue weighted by Gasteiger charge is 2.40. The van der Waals surface area contributed by atoms with E-state index >= 15 is 0 Å². The minimum absolute atomic E-state index is 0.218. The van der Waals surface area contributed by atoms with Gasteiger partial charge in [0.05, 0.1) is 19.2 Å². The molecule has 9 heteroatoms. The topological polar surface area (TPSA) is 95.1 Å². The van der Waals surface area contributed by atoms with Gasteiger partial charge in [0, 0.05) is 18.3 Å². The molecule has 2 aromatic rings. The third kappa shape index (κ3) is 4.95. The molecule has 31 heavy (non-hydrogen) atoms. The molecule has 0 saturated heterocycles. The van der Waals surface area contributed by atoms with E-state index in [-0.39, 0.29) is 18.6 Å². The molecule has 4 unspecified atom stereocenters. The number of aliphatic hydroxyl groups is 1. The van der Waals surface area contributed by atoms with Crippen LogP contribution in [0.4, 0.5) is 14.5 Å². The van der Waals surface area contributed by atoms with Crippen molar-refractivity contribution in [3.05, 3.63) is 59.2 Å². The summed E-state index contributed by atoms with van der Waals surface area (Å²) in [6.07, 6.45) is -1.04. The summed E-state index contributed by atoms with van der Waals surface area (Å²) in [6.45, 7) is 3.97. The minimum Gasteiger partial charge on any atom is -0.497 e. The largest absolute Gasteiger partial charge is 0.497 e. The van der Waals surface area contributed by atoms with Crippen LogP contribution < -0.4 is 21.1 Å². The Balaban J connectivity index is 2.00. The van der Waals surface area contributed by atoms with E-state index < -0.39 is 23.9 Å². The van der Waals surface area contributed by atoms with Crippen molar-refractivity contribution < 1.29 is 18.6 Å². The highest BCUT2D eigenvalue weighted by atomic mass is 19.2. The van der Waals surface area contributed by atoms with Gasteiger partial charge in [0.15, 0.2) is 17.9 Å². The monoisotopic (exact) mass is 433 g/mol. The van der Waals surface area contributed by atoms with Crippen molar-refractivity contribution in [3.8, 4) is 5.75 Å². The van der Waals surface area contributed by atoms with Crippen LogP contribution >= 0.6 is 0 Å². The average molecular weight is 434 g/mol. The van der Waals surface area contributed by atoms with Crippen molar-refractivity contribution in [1.82, 2.24) is 10.2 Å². The summed E-state index contributed by atoms with van der Waals surface area (Å²) in [7, 11) is 3.32. The third-order valence-electron chi connectivity index (χ3n) is 5.46. The summed E-state index contributed by atoms with van der Waals surface area (Å²) in [5.41, 5.74) is 8.53. The molecule has 0 radical (unpaired) electrons. The van der Waals surface area contributed by atoms with Crippen LogP contribution in [-0.2, 0) is 6.54 Å². The van der Waals surface area contributed by atoms with Gasteiger partial charge < -0.3 is 31.1 Å². The highest BCUT2D eigenvalue weighted by Crippen LogP contribution is 2.26. The number of halogens is 2. The lowest BCUT2D eigenvalue weighted by atomic mass is 9.96. The van der Waals surface area contributed by atoms with E-state index in [9.17, 15) is 13.9 Å². The van der Waals surface area contributed by atoms with E-state index in [4.69, 9.17) is 10.5 Å². The summed E-state index contributed by atoms with van der Waals surface area (Å²) in [4.78, 5) is 6.30. The van der Waals surface area contributed by atoms with E-state index in [0.29, 0.717) is 11.5 Å². The summed E-state index contributed by atoms with van der Waals surface area (Å²) >= 11 is 0. The predicted molar refractivity (Wildman–Crippen MR) is 117 cm³/mol. The number of nitrogens with zero attached hydrogens (tertiary/aromatic N) is 2. The predicted octanol–water partition coefficient (Wildman–Crippen LogP) is 2.19. The Kier molecular flexibility index (Phi) is 7.09. The number of methoxy groups -OCH3 is 1. The quantitative estimate of drug-likeness (QED) is 0.558. The van der Waals surface area contributed by atoms with Crippen molar-refractivity contribution in [2.24, 2.45) is 10.7 Å². The smallest absolute Gasteiger partial charge is 0.201 e. The maximum Gasteiger partial charge on any atom is 0.201 e. The molecule has 1 aliphatic rings. The fraction of sp³-hybridized carbons (Fsp3) is 0.409. The number of rotatable bonds is 6. The van der Waals surface area contributed by atoms with Gasteiger partial charge in [-0.05, 0) is 62.4 Å².